The van der Waals surface area contributed by atoms with Crippen LogP contribution in [0.2, 0.25) is 8.67 Å². The van der Waals surface area contributed by atoms with Gasteiger partial charge < -0.3 is 0 Å². The van der Waals surface area contributed by atoms with E-state index < -0.39 is 15.6 Å². The van der Waals surface area contributed by atoms with Crippen LogP contribution in [0.4, 0.5) is 0 Å². The van der Waals surface area contributed by atoms with Crippen LogP contribution in [-0.2, 0) is 10.0 Å². The summed E-state index contributed by atoms with van der Waals surface area (Å²) in [6.45, 7) is 0. The fourth-order valence-electron chi connectivity index (χ4n) is 2.34. The van der Waals surface area contributed by atoms with Crippen molar-refractivity contribution < 1.29 is 8.42 Å². The lowest BCUT2D eigenvalue weighted by atomic mass is 9.84. The standard InChI is InChI=1S/C11H14Cl3NO2S2/c12-7-11(4-2-1-3-5-11)15-19(16,17)8-6-9(13)18-10(8)14/h6,15H,1-5,7H2. The van der Waals surface area contributed by atoms with Crippen LogP contribution in [0.1, 0.15) is 32.1 Å². The molecule has 0 spiro atoms. The summed E-state index contributed by atoms with van der Waals surface area (Å²) in [4.78, 5) is 0.0410. The maximum Gasteiger partial charge on any atom is 0.243 e. The summed E-state index contributed by atoms with van der Waals surface area (Å²) >= 11 is 18.8. The van der Waals surface area contributed by atoms with Crippen LogP contribution in [0.3, 0.4) is 0 Å². The first-order valence-electron chi connectivity index (χ1n) is 5.93. The minimum Gasteiger partial charge on any atom is -0.207 e. The first kappa shape index (κ1) is 15.9. The maximum atomic E-state index is 12.4. The average molecular weight is 363 g/mol. The van der Waals surface area contributed by atoms with Gasteiger partial charge in [-0.15, -0.1) is 22.9 Å². The van der Waals surface area contributed by atoms with E-state index in [1.165, 1.54) is 6.07 Å². The molecule has 0 aliphatic heterocycles. The number of nitrogens with one attached hydrogen (secondary N) is 1. The number of halogens is 3. The Balaban J connectivity index is 2.27. The summed E-state index contributed by atoms with van der Waals surface area (Å²) in [7, 11) is -3.68. The zero-order valence-electron chi connectivity index (χ0n) is 10.1. The third-order valence-electron chi connectivity index (χ3n) is 3.33. The number of hydrogen-bond donors (Lipinski definition) is 1. The third-order valence-corrected chi connectivity index (χ3v) is 7.18. The Labute approximate surface area is 132 Å². The van der Waals surface area contributed by atoms with E-state index in [4.69, 9.17) is 34.8 Å². The van der Waals surface area contributed by atoms with Crippen molar-refractivity contribution in [1.29, 1.82) is 0 Å². The molecule has 19 heavy (non-hydrogen) atoms. The molecule has 108 valence electrons. The molecule has 1 aliphatic carbocycles. The Morgan fingerprint density at radius 1 is 1.26 bits per heavy atom. The van der Waals surface area contributed by atoms with Gasteiger partial charge in [-0.1, -0.05) is 42.5 Å². The largest absolute Gasteiger partial charge is 0.243 e. The molecule has 1 aromatic heterocycles. The molecule has 1 aromatic rings. The molecule has 2 rings (SSSR count). The number of thiophene rings is 1. The summed E-state index contributed by atoms with van der Waals surface area (Å²) in [5.74, 6) is 0.266. The number of rotatable bonds is 4. The van der Waals surface area contributed by atoms with Crippen LogP contribution < -0.4 is 4.72 Å². The van der Waals surface area contributed by atoms with Gasteiger partial charge >= 0.3 is 0 Å². The molecular formula is C11H14Cl3NO2S2. The second-order valence-electron chi connectivity index (χ2n) is 4.77. The molecule has 0 bridgehead atoms. The van der Waals surface area contributed by atoms with Crippen LogP contribution in [0.5, 0.6) is 0 Å². The van der Waals surface area contributed by atoms with Gasteiger partial charge in [0.25, 0.3) is 0 Å². The minimum atomic E-state index is -3.68. The lowest BCUT2D eigenvalue weighted by Crippen LogP contribution is -2.51. The van der Waals surface area contributed by atoms with E-state index in [-0.39, 0.29) is 15.1 Å². The summed E-state index contributed by atoms with van der Waals surface area (Å²) in [6, 6.07) is 1.38. The van der Waals surface area contributed by atoms with E-state index in [9.17, 15) is 8.42 Å². The van der Waals surface area contributed by atoms with Gasteiger partial charge in [-0.25, -0.2) is 13.1 Å². The van der Waals surface area contributed by atoms with Gasteiger partial charge in [0.2, 0.25) is 10.0 Å². The Morgan fingerprint density at radius 2 is 1.89 bits per heavy atom. The summed E-state index contributed by atoms with van der Waals surface area (Å²) in [6.07, 6.45) is 4.59. The normalized spacial score (nSPS) is 19.5. The van der Waals surface area contributed by atoms with Crippen molar-refractivity contribution >= 4 is 56.2 Å². The summed E-state index contributed by atoms with van der Waals surface area (Å²) in [5.41, 5.74) is -0.559. The highest BCUT2D eigenvalue weighted by Gasteiger charge is 2.36. The summed E-state index contributed by atoms with van der Waals surface area (Å²) in [5, 5.41) is 0. The van der Waals surface area contributed by atoms with Crippen molar-refractivity contribution in [2.24, 2.45) is 0 Å². The van der Waals surface area contributed by atoms with Crippen molar-refractivity contribution in [3.63, 3.8) is 0 Å². The van der Waals surface area contributed by atoms with E-state index >= 15 is 0 Å². The Bertz CT molecular complexity index is 550. The molecule has 0 saturated heterocycles. The summed E-state index contributed by atoms with van der Waals surface area (Å²) < 4.78 is 28.1. The lowest BCUT2D eigenvalue weighted by molar-refractivity contribution is 0.298. The van der Waals surface area contributed by atoms with Crippen LogP contribution >= 0.6 is 46.1 Å². The van der Waals surface area contributed by atoms with Crippen LogP contribution in [0, 0.1) is 0 Å². The first-order chi connectivity index (χ1) is 8.88. The molecule has 3 nitrogen and oxygen atoms in total. The zero-order chi connectivity index (χ0) is 14.1. The SMILES string of the molecule is O=S(=O)(NC1(CCl)CCCCC1)c1cc(Cl)sc1Cl. The molecule has 1 N–H and O–H groups in total. The Kier molecular flexibility index (Phi) is 5.07. The van der Waals surface area contributed by atoms with Gasteiger partial charge in [0.15, 0.2) is 0 Å². The van der Waals surface area contributed by atoms with Crippen molar-refractivity contribution in [3.05, 3.63) is 14.7 Å². The highest BCUT2D eigenvalue weighted by Crippen LogP contribution is 2.36. The second-order valence-corrected chi connectivity index (χ2v) is 8.97. The van der Waals surface area contributed by atoms with Gasteiger partial charge in [0, 0.05) is 11.4 Å². The maximum absolute atomic E-state index is 12.4. The Hall–Kier alpha value is 0.480. The van der Waals surface area contributed by atoms with Gasteiger partial charge in [0.1, 0.15) is 9.23 Å². The first-order valence-corrected chi connectivity index (χ1v) is 9.52. The molecule has 0 unspecified atom stereocenters. The van der Waals surface area contributed by atoms with Crippen LogP contribution in [0.15, 0.2) is 11.0 Å². The third kappa shape index (κ3) is 3.57. The molecular weight excluding hydrogens is 349 g/mol. The molecule has 1 saturated carbocycles. The molecule has 1 heterocycles. The number of alkyl halides is 1. The molecule has 0 atom stereocenters. The minimum absolute atomic E-state index is 0.0410. The number of hydrogen-bond acceptors (Lipinski definition) is 3. The fourth-order valence-corrected chi connectivity index (χ4v) is 6.36. The van der Waals surface area contributed by atoms with E-state index in [0.717, 1.165) is 43.4 Å². The van der Waals surface area contributed by atoms with Crippen molar-refractivity contribution in [1.82, 2.24) is 4.72 Å². The average Bonchev–Trinajstić information content (AvgIpc) is 2.70. The zero-order valence-corrected chi connectivity index (χ0v) is 14.0. The molecule has 1 aliphatic rings. The molecule has 0 radical (unpaired) electrons. The molecule has 0 amide bonds. The molecule has 1 fully saturated rings. The predicted octanol–water partition coefficient (Wildman–Crippen LogP) is 4.27. The predicted molar refractivity (Wildman–Crippen MR) is 81.2 cm³/mol. The van der Waals surface area contributed by atoms with E-state index in [1.54, 1.807) is 0 Å². The lowest BCUT2D eigenvalue weighted by Gasteiger charge is -2.35. The van der Waals surface area contributed by atoms with E-state index in [0.29, 0.717) is 4.34 Å². The van der Waals surface area contributed by atoms with E-state index in [2.05, 4.69) is 4.72 Å². The van der Waals surface area contributed by atoms with Gasteiger partial charge in [0.05, 0.1) is 4.34 Å². The van der Waals surface area contributed by atoms with E-state index in [1.807, 2.05) is 0 Å². The van der Waals surface area contributed by atoms with Crippen LogP contribution in [-0.4, -0.2) is 19.8 Å². The molecule has 8 heteroatoms. The second kappa shape index (κ2) is 6.08. The highest BCUT2D eigenvalue weighted by molar-refractivity contribution is 7.89. The smallest absolute Gasteiger partial charge is 0.207 e. The van der Waals surface area contributed by atoms with Gasteiger partial charge in [-0.05, 0) is 18.9 Å². The van der Waals surface area contributed by atoms with Crippen molar-refractivity contribution in [2.75, 3.05) is 5.88 Å². The van der Waals surface area contributed by atoms with Crippen molar-refractivity contribution in [2.45, 2.75) is 42.5 Å². The molecule has 0 aromatic carbocycles. The van der Waals surface area contributed by atoms with Crippen LogP contribution in [0.25, 0.3) is 0 Å². The monoisotopic (exact) mass is 361 g/mol. The topological polar surface area (TPSA) is 46.2 Å². The number of sulfonamides is 1. The highest BCUT2D eigenvalue weighted by atomic mass is 35.5. The van der Waals surface area contributed by atoms with Gasteiger partial charge in [-0.3, -0.25) is 0 Å². The Morgan fingerprint density at radius 3 is 2.37 bits per heavy atom. The quantitative estimate of drug-likeness (QED) is 0.813. The van der Waals surface area contributed by atoms with Gasteiger partial charge in [-0.2, -0.15) is 0 Å². The van der Waals surface area contributed by atoms with Crippen molar-refractivity contribution in [3.8, 4) is 0 Å². The fraction of sp³-hybridized carbons (Fsp3) is 0.636.